The first-order chi connectivity index (χ1) is 14.8. The maximum Gasteiger partial charge on any atom is 0.311 e. The highest BCUT2D eigenvalue weighted by Crippen LogP contribution is 2.33. The van der Waals surface area contributed by atoms with E-state index in [1.165, 1.54) is 0 Å². The molecule has 0 saturated carbocycles. The van der Waals surface area contributed by atoms with E-state index in [2.05, 4.69) is 10.2 Å². The van der Waals surface area contributed by atoms with Crippen LogP contribution in [0.2, 0.25) is 5.02 Å². The fraction of sp³-hybridized carbons (Fsp3) is 0.636. The molecule has 3 rings (SSSR count). The van der Waals surface area contributed by atoms with Crippen molar-refractivity contribution in [1.29, 1.82) is 0 Å². The minimum atomic E-state index is -0.725. The Bertz CT molecular complexity index is 790. The van der Waals surface area contributed by atoms with Crippen molar-refractivity contribution in [3.8, 4) is 5.75 Å². The fourth-order valence-corrected chi connectivity index (χ4v) is 4.50. The number of amides is 1. The standard InChI is InChI=1S/C22H32ClN3O5/c1-2-31-19-12-18(24)17(23)11-16(19)20(27)25-13-15-3-7-26(8-4-15)14-22(21(28)29)5-9-30-10-6-22/h11-12,15H,2-10,13-14,24H2,1H3,(H,25,27)(H,28,29). The minimum absolute atomic E-state index is 0.236. The molecule has 2 saturated heterocycles. The van der Waals surface area contributed by atoms with Crippen LogP contribution in [0.15, 0.2) is 12.1 Å². The van der Waals surface area contributed by atoms with Gasteiger partial charge in [-0.2, -0.15) is 0 Å². The molecule has 0 bridgehead atoms. The van der Waals surface area contributed by atoms with Gasteiger partial charge in [-0.1, -0.05) is 11.6 Å². The molecule has 9 heteroatoms. The molecule has 2 aliphatic heterocycles. The average Bonchev–Trinajstić information content (AvgIpc) is 2.76. The first kappa shape index (κ1) is 23.6. The van der Waals surface area contributed by atoms with E-state index in [9.17, 15) is 14.7 Å². The Kier molecular flexibility index (Phi) is 8.02. The van der Waals surface area contributed by atoms with E-state index < -0.39 is 11.4 Å². The van der Waals surface area contributed by atoms with Crippen molar-refractivity contribution in [2.45, 2.75) is 32.6 Å². The lowest BCUT2D eigenvalue weighted by atomic mass is 9.79. The third-order valence-electron chi connectivity index (χ3n) is 6.33. The van der Waals surface area contributed by atoms with Crippen LogP contribution in [0.5, 0.6) is 5.75 Å². The number of carboxylic acids is 1. The molecule has 0 aliphatic carbocycles. The van der Waals surface area contributed by atoms with Crippen molar-refractivity contribution >= 4 is 29.2 Å². The quantitative estimate of drug-likeness (QED) is 0.518. The van der Waals surface area contributed by atoms with Crippen molar-refractivity contribution in [3.63, 3.8) is 0 Å². The van der Waals surface area contributed by atoms with E-state index >= 15 is 0 Å². The van der Waals surface area contributed by atoms with Crippen molar-refractivity contribution in [3.05, 3.63) is 22.7 Å². The summed E-state index contributed by atoms with van der Waals surface area (Å²) in [5.41, 5.74) is 5.87. The first-order valence-electron chi connectivity index (χ1n) is 10.9. The summed E-state index contributed by atoms with van der Waals surface area (Å²) in [6.07, 6.45) is 2.94. The predicted molar refractivity (Wildman–Crippen MR) is 119 cm³/mol. The molecule has 0 atom stereocenters. The van der Waals surface area contributed by atoms with Crippen LogP contribution >= 0.6 is 11.6 Å². The molecule has 1 aromatic carbocycles. The van der Waals surface area contributed by atoms with Crippen LogP contribution in [0.4, 0.5) is 5.69 Å². The highest BCUT2D eigenvalue weighted by molar-refractivity contribution is 6.33. The molecule has 0 spiro atoms. The number of anilines is 1. The number of halogens is 1. The van der Waals surface area contributed by atoms with Crippen LogP contribution in [0.25, 0.3) is 0 Å². The smallest absolute Gasteiger partial charge is 0.311 e. The van der Waals surface area contributed by atoms with Crippen molar-refractivity contribution < 1.29 is 24.2 Å². The van der Waals surface area contributed by atoms with E-state index in [0.717, 1.165) is 25.9 Å². The second-order valence-electron chi connectivity index (χ2n) is 8.43. The van der Waals surface area contributed by atoms with Crippen LogP contribution in [0.3, 0.4) is 0 Å². The number of carbonyl (C=O) groups excluding carboxylic acids is 1. The first-order valence-corrected chi connectivity index (χ1v) is 11.3. The average molecular weight is 454 g/mol. The van der Waals surface area contributed by atoms with Gasteiger partial charge in [0, 0.05) is 32.4 Å². The van der Waals surface area contributed by atoms with Gasteiger partial charge in [0.25, 0.3) is 5.91 Å². The molecule has 2 heterocycles. The van der Waals surface area contributed by atoms with Gasteiger partial charge in [0.2, 0.25) is 0 Å². The van der Waals surface area contributed by atoms with Gasteiger partial charge in [0.15, 0.2) is 0 Å². The Morgan fingerprint density at radius 1 is 1.32 bits per heavy atom. The number of ether oxygens (including phenoxy) is 2. The zero-order valence-corrected chi connectivity index (χ0v) is 18.7. The van der Waals surface area contributed by atoms with Crippen molar-refractivity contribution in [2.75, 3.05) is 51.7 Å². The van der Waals surface area contributed by atoms with Gasteiger partial charge in [0.1, 0.15) is 5.75 Å². The third kappa shape index (κ3) is 5.81. The number of nitrogens with one attached hydrogen (secondary N) is 1. The van der Waals surface area contributed by atoms with Crippen LogP contribution in [-0.2, 0) is 9.53 Å². The topological polar surface area (TPSA) is 114 Å². The summed E-state index contributed by atoms with van der Waals surface area (Å²) in [5, 5.41) is 13.1. The maximum absolute atomic E-state index is 12.7. The number of piperidine rings is 1. The number of likely N-dealkylation sites (tertiary alicyclic amines) is 1. The Labute approximate surface area is 188 Å². The normalized spacial score (nSPS) is 19.7. The number of aliphatic carboxylic acids is 1. The van der Waals surface area contributed by atoms with Gasteiger partial charge in [0.05, 0.1) is 28.3 Å². The molecular weight excluding hydrogens is 422 g/mol. The van der Waals surface area contributed by atoms with Crippen molar-refractivity contribution in [1.82, 2.24) is 10.2 Å². The zero-order valence-electron chi connectivity index (χ0n) is 18.0. The Morgan fingerprint density at radius 3 is 2.61 bits per heavy atom. The number of nitrogen functional groups attached to an aromatic ring is 1. The Balaban J connectivity index is 1.51. The maximum atomic E-state index is 12.7. The number of carbonyl (C=O) groups is 2. The summed E-state index contributed by atoms with van der Waals surface area (Å²) >= 11 is 6.09. The Morgan fingerprint density at radius 2 is 2.00 bits per heavy atom. The minimum Gasteiger partial charge on any atom is -0.493 e. The zero-order chi connectivity index (χ0) is 22.4. The molecule has 2 aliphatic rings. The van der Waals surface area contributed by atoms with E-state index in [4.69, 9.17) is 26.8 Å². The lowest BCUT2D eigenvalue weighted by molar-refractivity contribution is -0.157. The van der Waals surface area contributed by atoms with Crippen LogP contribution in [-0.4, -0.2) is 67.9 Å². The molecular formula is C22H32ClN3O5. The highest BCUT2D eigenvalue weighted by atomic mass is 35.5. The number of nitrogens with two attached hydrogens (primary N) is 1. The molecule has 0 unspecified atom stereocenters. The molecule has 4 N–H and O–H groups in total. The van der Waals surface area contributed by atoms with Crippen LogP contribution < -0.4 is 15.8 Å². The lowest BCUT2D eigenvalue weighted by Gasteiger charge is -2.40. The molecule has 8 nitrogen and oxygen atoms in total. The molecule has 0 aromatic heterocycles. The SMILES string of the molecule is CCOc1cc(N)c(Cl)cc1C(=O)NCC1CCN(CC2(C(=O)O)CCOCC2)CC1. The molecule has 172 valence electrons. The number of rotatable bonds is 8. The van der Waals surface area contributed by atoms with Gasteiger partial charge in [-0.05, 0) is 57.7 Å². The number of hydrogen-bond acceptors (Lipinski definition) is 6. The number of nitrogens with zero attached hydrogens (tertiary/aromatic N) is 1. The largest absolute Gasteiger partial charge is 0.493 e. The van der Waals surface area contributed by atoms with Crippen LogP contribution in [0, 0.1) is 11.3 Å². The number of carboxylic acid groups (broad SMARTS) is 1. The van der Waals surface area contributed by atoms with Crippen LogP contribution in [0.1, 0.15) is 43.0 Å². The fourth-order valence-electron chi connectivity index (χ4n) is 4.33. The van der Waals surface area contributed by atoms with Gasteiger partial charge in [-0.25, -0.2) is 0 Å². The predicted octanol–water partition coefficient (Wildman–Crippen LogP) is 2.64. The molecule has 1 amide bonds. The summed E-state index contributed by atoms with van der Waals surface area (Å²) in [4.78, 5) is 26.8. The van der Waals surface area contributed by atoms with E-state index in [1.807, 2.05) is 6.92 Å². The summed E-state index contributed by atoms with van der Waals surface area (Å²) in [5.74, 6) is -0.195. The van der Waals surface area contributed by atoms with Gasteiger partial charge >= 0.3 is 5.97 Å². The summed E-state index contributed by atoms with van der Waals surface area (Å²) in [7, 11) is 0. The van der Waals surface area contributed by atoms with E-state index in [0.29, 0.717) is 73.7 Å². The Hall–Kier alpha value is -2.03. The molecule has 1 aromatic rings. The van der Waals surface area contributed by atoms with E-state index in [-0.39, 0.29) is 5.91 Å². The molecule has 0 radical (unpaired) electrons. The monoisotopic (exact) mass is 453 g/mol. The molecule has 31 heavy (non-hydrogen) atoms. The number of hydrogen-bond donors (Lipinski definition) is 3. The summed E-state index contributed by atoms with van der Waals surface area (Å²) < 4.78 is 10.9. The third-order valence-corrected chi connectivity index (χ3v) is 6.66. The van der Waals surface area contributed by atoms with Gasteiger partial charge in [-0.3, -0.25) is 9.59 Å². The van der Waals surface area contributed by atoms with Gasteiger partial charge < -0.3 is 30.5 Å². The highest BCUT2D eigenvalue weighted by Gasteiger charge is 2.42. The van der Waals surface area contributed by atoms with Crippen molar-refractivity contribution in [2.24, 2.45) is 11.3 Å². The second kappa shape index (κ2) is 10.5. The van der Waals surface area contributed by atoms with Gasteiger partial charge in [-0.15, -0.1) is 0 Å². The molecule has 2 fully saturated rings. The lowest BCUT2D eigenvalue weighted by Crippen LogP contribution is -2.49. The summed E-state index contributed by atoms with van der Waals surface area (Å²) in [6.45, 7) is 6.05. The summed E-state index contributed by atoms with van der Waals surface area (Å²) in [6, 6.07) is 3.12. The van der Waals surface area contributed by atoms with E-state index in [1.54, 1.807) is 12.1 Å². The second-order valence-corrected chi connectivity index (χ2v) is 8.84. The number of benzene rings is 1.